The molecule has 2 heterocycles. The van der Waals surface area contributed by atoms with Crippen molar-refractivity contribution in [3.8, 4) is 0 Å². The highest BCUT2D eigenvalue weighted by atomic mass is 32.1. The molecule has 7 heteroatoms. The Morgan fingerprint density at radius 2 is 2.05 bits per heavy atom. The van der Waals surface area contributed by atoms with Gasteiger partial charge in [-0.25, -0.2) is 0 Å². The topological polar surface area (TPSA) is 72.2 Å². The molecular formula is C13H19N5OS. The third-order valence-electron chi connectivity index (χ3n) is 3.74. The van der Waals surface area contributed by atoms with Crippen molar-refractivity contribution in [2.24, 2.45) is 5.92 Å². The van der Waals surface area contributed by atoms with Crippen LogP contribution in [-0.2, 0) is 4.79 Å². The summed E-state index contributed by atoms with van der Waals surface area (Å²) >= 11 is 1.37. The fourth-order valence-corrected chi connectivity index (χ4v) is 3.36. The molecule has 0 atom stereocenters. The van der Waals surface area contributed by atoms with Crippen LogP contribution in [0.5, 0.6) is 0 Å². The number of nitrogens with one attached hydrogen (secondary N) is 1. The van der Waals surface area contributed by atoms with Crippen LogP contribution in [0.1, 0.15) is 57.7 Å². The van der Waals surface area contributed by atoms with Crippen molar-refractivity contribution < 1.29 is 4.79 Å². The van der Waals surface area contributed by atoms with E-state index in [-0.39, 0.29) is 17.7 Å². The van der Waals surface area contributed by atoms with Gasteiger partial charge in [0.25, 0.3) is 0 Å². The molecule has 1 N–H and O–H groups in total. The van der Waals surface area contributed by atoms with E-state index in [1.54, 1.807) is 4.52 Å². The highest BCUT2D eigenvalue weighted by molar-refractivity contribution is 7.20. The van der Waals surface area contributed by atoms with Crippen molar-refractivity contribution in [1.82, 2.24) is 19.8 Å². The lowest BCUT2D eigenvalue weighted by Crippen LogP contribution is -2.24. The first kappa shape index (κ1) is 13.5. The van der Waals surface area contributed by atoms with Crippen LogP contribution in [0.15, 0.2) is 0 Å². The Balaban J connectivity index is 1.75. The van der Waals surface area contributed by atoms with Gasteiger partial charge in [-0.2, -0.15) is 4.52 Å². The predicted octanol–water partition coefficient (Wildman–Crippen LogP) is 2.83. The first-order valence-electron chi connectivity index (χ1n) is 7.18. The quantitative estimate of drug-likeness (QED) is 0.944. The van der Waals surface area contributed by atoms with Gasteiger partial charge in [-0.05, 0) is 12.8 Å². The summed E-state index contributed by atoms with van der Waals surface area (Å²) in [5.41, 5.74) is 0. The average Bonchev–Trinajstić information content (AvgIpc) is 2.98. The summed E-state index contributed by atoms with van der Waals surface area (Å²) in [5, 5.41) is 16.2. The first-order valence-corrected chi connectivity index (χ1v) is 8.00. The molecule has 0 aromatic carbocycles. The van der Waals surface area contributed by atoms with Gasteiger partial charge in [-0.3, -0.25) is 4.79 Å². The summed E-state index contributed by atoms with van der Waals surface area (Å²) in [6, 6.07) is 0. The van der Waals surface area contributed by atoms with Crippen LogP contribution in [0.25, 0.3) is 4.96 Å². The largest absolute Gasteiger partial charge is 0.300 e. The molecule has 1 aliphatic carbocycles. The van der Waals surface area contributed by atoms with Gasteiger partial charge in [-0.15, -0.1) is 15.3 Å². The lowest BCUT2D eigenvalue weighted by Gasteiger charge is -2.19. The molecular weight excluding hydrogens is 274 g/mol. The molecule has 3 rings (SSSR count). The Bertz CT molecular complexity index is 611. The molecule has 0 saturated heterocycles. The predicted molar refractivity (Wildman–Crippen MR) is 78.0 cm³/mol. The number of fused-ring (bicyclic) bond motifs is 1. The van der Waals surface area contributed by atoms with Crippen LogP contribution in [-0.4, -0.2) is 25.7 Å². The summed E-state index contributed by atoms with van der Waals surface area (Å²) in [7, 11) is 0. The fraction of sp³-hybridized carbons (Fsp3) is 0.692. The molecule has 0 aliphatic heterocycles. The maximum Gasteiger partial charge on any atom is 0.236 e. The van der Waals surface area contributed by atoms with Crippen molar-refractivity contribution in [3.63, 3.8) is 0 Å². The van der Waals surface area contributed by atoms with E-state index < -0.39 is 0 Å². The van der Waals surface area contributed by atoms with Crippen molar-refractivity contribution in [2.75, 3.05) is 5.32 Å². The standard InChI is InChI=1S/C13H19N5OS/c1-8(2)10-15-16-13-18(10)17-12(20-13)14-11(19)9-6-4-3-5-7-9/h8-9H,3-7H2,1-2H3,(H,14,17,19). The van der Waals surface area contributed by atoms with Crippen molar-refractivity contribution >= 4 is 27.3 Å². The van der Waals surface area contributed by atoms with Gasteiger partial charge in [0.1, 0.15) is 0 Å². The van der Waals surface area contributed by atoms with E-state index in [0.717, 1.165) is 36.5 Å². The maximum atomic E-state index is 12.2. The van der Waals surface area contributed by atoms with Crippen molar-refractivity contribution in [1.29, 1.82) is 0 Å². The van der Waals surface area contributed by atoms with E-state index in [0.29, 0.717) is 5.13 Å². The number of nitrogens with zero attached hydrogens (tertiary/aromatic N) is 4. The van der Waals surface area contributed by atoms with Gasteiger partial charge in [0, 0.05) is 11.8 Å². The highest BCUT2D eigenvalue weighted by Gasteiger charge is 2.23. The summed E-state index contributed by atoms with van der Waals surface area (Å²) in [5.74, 6) is 1.33. The van der Waals surface area contributed by atoms with Crippen molar-refractivity contribution in [2.45, 2.75) is 51.9 Å². The SMILES string of the molecule is CC(C)c1nnc2sc(NC(=O)C3CCCCC3)nn12. The Labute approximate surface area is 121 Å². The monoisotopic (exact) mass is 293 g/mol. The molecule has 108 valence electrons. The Morgan fingerprint density at radius 3 is 2.75 bits per heavy atom. The number of aromatic nitrogens is 4. The number of carbonyl (C=O) groups excluding carboxylic acids is 1. The molecule has 6 nitrogen and oxygen atoms in total. The zero-order chi connectivity index (χ0) is 14.1. The molecule has 1 aliphatic rings. The van der Waals surface area contributed by atoms with Crippen LogP contribution in [0.3, 0.4) is 0 Å². The second-order valence-corrected chi connectivity index (χ2v) is 6.59. The second kappa shape index (κ2) is 5.47. The Kier molecular flexibility index (Phi) is 3.69. The third kappa shape index (κ3) is 2.54. The van der Waals surface area contributed by atoms with Crippen LogP contribution < -0.4 is 5.32 Å². The van der Waals surface area contributed by atoms with Gasteiger partial charge in [-0.1, -0.05) is 44.4 Å². The Hall–Kier alpha value is -1.50. The number of rotatable bonds is 3. The number of amides is 1. The molecule has 20 heavy (non-hydrogen) atoms. The van der Waals surface area contributed by atoms with Gasteiger partial charge in [0.05, 0.1) is 0 Å². The summed E-state index contributed by atoms with van der Waals surface area (Å²) in [4.78, 5) is 12.9. The Morgan fingerprint density at radius 1 is 1.30 bits per heavy atom. The summed E-state index contributed by atoms with van der Waals surface area (Å²) in [6.45, 7) is 4.10. The summed E-state index contributed by atoms with van der Waals surface area (Å²) in [6.07, 6.45) is 5.54. The molecule has 0 bridgehead atoms. The molecule has 2 aromatic heterocycles. The van der Waals surface area contributed by atoms with Gasteiger partial charge < -0.3 is 5.32 Å². The molecule has 1 fully saturated rings. The zero-order valence-electron chi connectivity index (χ0n) is 11.8. The maximum absolute atomic E-state index is 12.2. The zero-order valence-corrected chi connectivity index (χ0v) is 12.6. The minimum absolute atomic E-state index is 0.0979. The average molecular weight is 293 g/mol. The highest BCUT2D eigenvalue weighted by Crippen LogP contribution is 2.26. The number of carbonyl (C=O) groups is 1. The van der Waals surface area contributed by atoms with E-state index in [1.165, 1.54) is 17.8 Å². The number of hydrogen-bond acceptors (Lipinski definition) is 5. The first-order chi connectivity index (χ1) is 9.65. The van der Waals surface area contributed by atoms with E-state index in [1.807, 2.05) is 0 Å². The molecule has 2 aromatic rings. The van der Waals surface area contributed by atoms with Crippen LogP contribution >= 0.6 is 11.3 Å². The lowest BCUT2D eigenvalue weighted by atomic mass is 9.89. The molecule has 0 unspecified atom stereocenters. The number of anilines is 1. The van der Waals surface area contributed by atoms with E-state index >= 15 is 0 Å². The minimum atomic E-state index is 0.0979. The smallest absolute Gasteiger partial charge is 0.236 e. The minimum Gasteiger partial charge on any atom is -0.300 e. The van der Waals surface area contributed by atoms with Crippen molar-refractivity contribution in [3.05, 3.63) is 5.82 Å². The van der Waals surface area contributed by atoms with Gasteiger partial charge in [0.15, 0.2) is 5.82 Å². The fourth-order valence-electron chi connectivity index (χ4n) is 2.61. The number of hydrogen-bond donors (Lipinski definition) is 1. The van der Waals surface area contributed by atoms with Crippen LogP contribution in [0, 0.1) is 5.92 Å². The second-order valence-electron chi connectivity index (χ2n) is 5.64. The van der Waals surface area contributed by atoms with Gasteiger partial charge in [0.2, 0.25) is 16.0 Å². The van der Waals surface area contributed by atoms with E-state index in [2.05, 4.69) is 34.5 Å². The molecule has 1 saturated carbocycles. The summed E-state index contributed by atoms with van der Waals surface area (Å²) < 4.78 is 1.73. The molecule has 0 radical (unpaired) electrons. The van der Waals surface area contributed by atoms with E-state index in [9.17, 15) is 4.79 Å². The normalized spacial score (nSPS) is 16.9. The molecule has 0 spiro atoms. The van der Waals surface area contributed by atoms with E-state index in [4.69, 9.17) is 0 Å². The third-order valence-corrected chi connectivity index (χ3v) is 4.55. The molecule has 1 amide bonds. The van der Waals surface area contributed by atoms with Crippen LogP contribution in [0.2, 0.25) is 0 Å². The van der Waals surface area contributed by atoms with Gasteiger partial charge >= 0.3 is 0 Å². The van der Waals surface area contributed by atoms with Crippen LogP contribution in [0.4, 0.5) is 5.13 Å². The lowest BCUT2D eigenvalue weighted by molar-refractivity contribution is -0.120.